The lowest BCUT2D eigenvalue weighted by molar-refractivity contribution is 0.279. The molecular formula is C46H33N3O. The summed E-state index contributed by atoms with van der Waals surface area (Å²) < 4.78 is 6.52. The summed E-state index contributed by atoms with van der Waals surface area (Å²) in [5.41, 5.74) is 15.1. The van der Waals surface area contributed by atoms with Crippen LogP contribution in [0.5, 0.6) is 0 Å². The van der Waals surface area contributed by atoms with Crippen LogP contribution in [0, 0.1) is 0 Å². The van der Waals surface area contributed by atoms with E-state index in [-0.39, 0.29) is 5.41 Å². The van der Waals surface area contributed by atoms with Gasteiger partial charge in [-0.1, -0.05) is 121 Å². The predicted octanol–water partition coefficient (Wildman–Crippen LogP) is 12.1. The molecule has 3 heterocycles. The van der Waals surface area contributed by atoms with Crippen LogP contribution in [-0.2, 0) is 5.41 Å². The summed E-state index contributed by atoms with van der Waals surface area (Å²) in [7, 11) is 0. The van der Waals surface area contributed by atoms with Gasteiger partial charge in [-0.2, -0.15) is 4.98 Å². The van der Waals surface area contributed by atoms with Crippen LogP contribution in [-0.4, -0.2) is 9.97 Å². The van der Waals surface area contributed by atoms with Crippen molar-refractivity contribution < 1.29 is 4.42 Å². The van der Waals surface area contributed by atoms with Crippen molar-refractivity contribution in [3.8, 4) is 33.5 Å². The maximum absolute atomic E-state index is 6.52. The number of hydrogen-bond donors (Lipinski definition) is 0. The summed E-state index contributed by atoms with van der Waals surface area (Å²) in [4.78, 5) is 13.1. The lowest BCUT2D eigenvalue weighted by atomic mass is 9.52. The molecule has 238 valence electrons. The Bertz CT molecular complexity index is 2600. The molecule has 1 aliphatic heterocycles. The van der Waals surface area contributed by atoms with E-state index in [0.29, 0.717) is 17.6 Å². The first-order chi connectivity index (χ1) is 24.8. The molecule has 3 aliphatic carbocycles. The number of nitrogens with zero attached hydrogens (tertiary/aromatic N) is 3. The fourth-order valence-corrected chi connectivity index (χ4v) is 9.43. The molecule has 0 unspecified atom stereocenters. The SMILES string of the molecule is c1ccc(-c2ccc3c(c2)C24CCC(CC2)c2c(-c5ccccc5)ccc(c24)N3c2nc(-c3ccccc3)c3c(n2)oc2ccccc23)cc1. The topological polar surface area (TPSA) is 42.2 Å². The van der Waals surface area contributed by atoms with E-state index in [1.54, 1.807) is 0 Å². The summed E-state index contributed by atoms with van der Waals surface area (Å²) in [6, 6.07) is 52.2. The van der Waals surface area contributed by atoms with Crippen molar-refractivity contribution in [2.45, 2.75) is 37.0 Å². The second kappa shape index (κ2) is 10.5. The average Bonchev–Trinajstić information content (AvgIpc) is 3.58. The average molecular weight is 644 g/mol. The highest BCUT2D eigenvalue weighted by Gasteiger charge is 2.53. The summed E-state index contributed by atoms with van der Waals surface area (Å²) in [6.07, 6.45) is 4.69. The minimum absolute atomic E-state index is 0.0768. The molecule has 1 spiro atoms. The Labute approximate surface area is 290 Å². The van der Waals surface area contributed by atoms with E-state index in [1.165, 1.54) is 57.5 Å². The number of anilines is 3. The van der Waals surface area contributed by atoms with Crippen molar-refractivity contribution in [2.24, 2.45) is 0 Å². The molecule has 1 fully saturated rings. The maximum atomic E-state index is 6.52. The van der Waals surface area contributed by atoms with Crippen LogP contribution in [0.15, 0.2) is 150 Å². The van der Waals surface area contributed by atoms with Gasteiger partial charge in [-0.3, -0.25) is 4.90 Å². The minimum Gasteiger partial charge on any atom is -0.437 e. The molecule has 6 aromatic carbocycles. The molecule has 0 amide bonds. The Morgan fingerprint density at radius 1 is 0.600 bits per heavy atom. The number of hydrogen-bond acceptors (Lipinski definition) is 4. The third-order valence-corrected chi connectivity index (χ3v) is 11.6. The van der Waals surface area contributed by atoms with Crippen molar-refractivity contribution in [2.75, 3.05) is 4.90 Å². The van der Waals surface area contributed by atoms with Crippen molar-refractivity contribution in [1.29, 1.82) is 0 Å². The van der Waals surface area contributed by atoms with E-state index >= 15 is 0 Å². The van der Waals surface area contributed by atoms with E-state index in [9.17, 15) is 0 Å². The van der Waals surface area contributed by atoms with E-state index in [1.807, 2.05) is 12.1 Å². The van der Waals surface area contributed by atoms with Gasteiger partial charge in [0.2, 0.25) is 11.7 Å². The van der Waals surface area contributed by atoms with E-state index in [2.05, 4.69) is 138 Å². The van der Waals surface area contributed by atoms with Crippen LogP contribution in [0.25, 0.3) is 55.6 Å². The molecule has 4 aliphatic rings. The maximum Gasteiger partial charge on any atom is 0.238 e. The summed E-state index contributed by atoms with van der Waals surface area (Å²) >= 11 is 0. The Morgan fingerprint density at radius 3 is 2.02 bits per heavy atom. The molecule has 0 atom stereocenters. The highest BCUT2D eigenvalue weighted by Crippen LogP contribution is 2.66. The zero-order chi connectivity index (χ0) is 32.8. The van der Waals surface area contributed by atoms with Crippen LogP contribution < -0.4 is 4.90 Å². The lowest BCUT2D eigenvalue weighted by Crippen LogP contribution is -2.44. The van der Waals surface area contributed by atoms with E-state index < -0.39 is 0 Å². The second-order valence-corrected chi connectivity index (χ2v) is 14.1. The number of rotatable bonds is 4. The normalized spacial score (nSPS) is 18.7. The number of para-hydroxylation sites is 1. The zero-order valence-electron chi connectivity index (χ0n) is 27.5. The molecule has 4 nitrogen and oxygen atoms in total. The highest BCUT2D eigenvalue weighted by atomic mass is 16.3. The number of fused-ring (bicyclic) bond motifs is 6. The van der Waals surface area contributed by atoms with Gasteiger partial charge in [-0.25, -0.2) is 4.98 Å². The smallest absolute Gasteiger partial charge is 0.238 e. The molecule has 12 rings (SSSR count). The van der Waals surface area contributed by atoms with Gasteiger partial charge in [-0.05, 0) is 94.8 Å². The molecule has 2 bridgehead atoms. The molecule has 1 saturated carbocycles. The van der Waals surface area contributed by atoms with Gasteiger partial charge in [-0.15, -0.1) is 0 Å². The summed E-state index contributed by atoms with van der Waals surface area (Å²) in [5, 5.41) is 1.98. The van der Waals surface area contributed by atoms with Gasteiger partial charge in [0, 0.05) is 16.4 Å². The van der Waals surface area contributed by atoms with Crippen molar-refractivity contribution in [3.05, 3.63) is 162 Å². The van der Waals surface area contributed by atoms with Crippen LogP contribution in [0.4, 0.5) is 17.3 Å². The summed E-state index contributed by atoms with van der Waals surface area (Å²) in [6.45, 7) is 0. The van der Waals surface area contributed by atoms with Gasteiger partial charge in [0.15, 0.2) is 0 Å². The Kier molecular flexibility index (Phi) is 5.86. The quantitative estimate of drug-likeness (QED) is 0.191. The van der Waals surface area contributed by atoms with Crippen molar-refractivity contribution >= 4 is 39.4 Å². The predicted molar refractivity (Wildman–Crippen MR) is 202 cm³/mol. The third kappa shape index (κ3) is 3.87. The molecule has 2 aromatic heterocycles. The molecule has 50 heavy (non-hydrogen) atoms. The molecule has 0 saturated heterocycles. The Hall–Kier alpha value is -6.00. The molecule has 0 radical (unpaired) electrons. The summed E-state index contributed by atoms with van der Waals surface area (Å²) in [5.74, 6) is 1.16. The van der Waals surface area contributed by atoms with Gasteiger partial charge < -0.3 is 4.42 Å². The first kappa shape index (κ1) is 27.9. The monoisotopic (exact) mass is 643 g/mol. The van der Waals surface area contributed by atoms with Gasteiger partial charge >= 0.3 is 0 Å². The van der Waals surface area contributed by atoms with Gasteiger partial charge in [0.25, 0.3) is 0 Å². The first-order valence-electron chi connectivity index (χ1n) is 17.7. The first-order valence-corrected chi connectivity index (χ1v) is 17.7. The number of furan rings is 1. The van der Waals surface area contributed by atoms with Crippen LogP contribution in [0.3, 0.4) is 0 Å². The number of benzene rings is 6. The molecule has 8 aromatic rings. The highest BCUT2D eigenvalue weighted by molar-refractivity contribution is 6.10. The molecule has 4 heteroatoms. The molecule has 0 N–H and O–H groups in total. The third-order valence-electron chi connectivity index (χ3n) is 11.6. The number of aromatic nitrogens is 2. The van der Waals surface area contributed by atoms with Crippen molar-refractivity contribution in [1.82, 2.24) is 9.97 Å². The Balaban J connectivity index is 1.23. The largest absolute Gasteiger partial charge is 0.437 e. The van der Waals surface area contributed by atoms with Gasteiger partial charge in [0.05, 0.1) is 22.5 Å². The van der Waals surface area contributed by atoms with E-state index in [0.717, 1.165) is 46.1 Å². The second-order valence-electron chi connectivity index (χ2n) is 14.1. The lowest BCUT2D eigenvalue weighted by Gasteiger charge is -2.54. The molecular weight excluding hydrogens is 611 g/mol. The zero-order valence-corrected chi connectivity index (χ0v) is 27.5. The van der Waals surface area contributed by atoms with Gasteiger partial charge in [0.1, 0.15) is 5.58 Å². The Morgan fingerprint density at radius 2 is 1.26 bits per heavy atom. The van der Waals surface area contributed by atoms with Crippen LogP contribution in [0.2, 0.25) is 0 Å². The van der Waals surface area contributed by atoms with Crippen LogP contribution in [0.1, 0.15) is 48.3 Å². The minimum atomic E-state index is -0.0768. The fraction of sp³-hybridized carbons (Fsp3) is 0.130. The standard InChI is InChI=1S/C46H33N3O/c1-4-12-29(13-5-1)33-20-22-37-36(28-33)46-26-24-31(25-27-46)40-34(30-14-6-2-7-15-30)21-23-38(42(40)46)49(37)45-47-43(32-16-8-3-9-17-32)41-35-18-10-11-19-39(35)50-44(41)48-45/h1-23,28,31H,24-27H2. The van der Waals surface area contributed by atoms with Crippen molar-refractivity contribution in [3.63, 3.8) is 0 Å². The fourth-order valence-electron chi connectivity index (χ4n) is 9.43. The van der Waals surface area contributed by atoms with Crippen LogP contribution >= 0.6 is 0 Å². The van der Waals surface area contributed by atoms with E-state index in [4.69, 9.17) is 14.4 Å².